The van der Waals surface area contributed by atoms with E-state index in [1.807, 2.05) is 0 Å². The topological polar surface area (TPSA) is 32.7 Å². The molecule has 0 aromatic rings. The van der Waals surface area contributed by atoms with Gasteiger partial charge in [-0.1, -0.05) is 0 Å². The molecule has 1 atom stereocenters. The van der Waals surface area contributed by atoms with Gasteiger partial charge in [0, 0.05) is 19.6 Å². The van der Waals surface area contributed by atoms with E-state index >= 15 is 0 Å². The van der Waals surface area contributed by atoms with Crippen LogP contribution in [0.4, 0.5) is 13.2 Å². The minimum Gasteiger partial charge on any atom is -0.382 e. The van der Waals surface area contributed by atoms with Crippen molar-refractivity contribution in [2.75, 3.05) is 32.8 Å². The summed E-state index contributed by atoms with van der Waals surface area (Å²) in [5, 5.41) is 8.73. The van der Waals surface area contributed by atoms with Crippen molar-refractivity contribution in [3.8, 4) is 0 Å². The van der Waals surface area contributed by atoms with E-state index in [4.69, 9.17) is 9.84 Å². The van der Waals surface area contributed by atoms with Gasteiger partial charge in [-0.05, 0) is 0 Å². The van der Waals surface area contributed by atoms with Crippen LogP contribution in [0.25, 0.3) is 0 Å². The molecule has 1 N–H and O–H groups in total. The molecule has 0 amide bonds. The maximum Gasteiger partial charge on any atom is 0.415 e. The largest absolute Gasteiger partial charge is 0.415 e. The van der Waals surface area contributed by atoms with Crippen LogP contribution in [0.2, 0.25) is 0 Å². The summed E-state index contributed by atoms with van der Waals surface area (Å²) in [5.41, 5.74) is 0. The van der Waals surface area contributed by atoms with Crippen molar-refractivity contribution in [2.24, 2.45) is 0 Å². The standard InChI is InChI=1S/C7H12F3NO2/c8-7(9,10)6(12)5-11-1-3-13-4-2-11/h6,12H,1-5H2/t6-/m1/s1. The lowest BCUT2D eigenvalue weighted by molar-refractivity contribution is -0.209. The fourth-order valence-corrected chi connectivity index (χ4v) is 1.13. The van der Waals surface area contributed by atoms with Gasteiger partial charge < -0.3 is 9.84 Å². The van der Waals surface area contributed by atoms with E-state index in [0.29, 0.717) is 26.3 Å². The SMILES string of the molecule is O[C@H](CN1CCOCC1)C(F)(F)F. The molecule has 1 rings (SSSR count). The third-order valence-corrected chi connectivity index (χ3v) is 1.91. The Labute approximate surface area is 74.1 Å². The van der Waals surface area contributed by atoms with E-state index in [1.54, 1.807) is 4.90 Å². The molecule has 0 spiro atoms. The highest BCUT2D eigenvalue weighted by Gasteiger charge is 2.39. The highest BCUT2D eigenvalue weighted by molar-refractivity contribution is 4.72. The Balaban J connectivity index is 2.30. The van der Waals surface area contributed by atoms with E-state index < -0.39 is 12.3 Å². The minimum atomic E-state index is -4.52. The molecular formula is C7H12F3NO2. The molecule has 3 nitrogen and oxygen atoms in total. The van der Waals surface area contributed by atoms with E-state index in [9.17, 15) is 13.2 Å². The Bertz CT molecular complexity index is 156. The lowest BCUT2D eigenvalue weighted by Crippen LogP contribution is -2.45. The number of aliphatic hydroxyl groups is 1. The Morgan fingerprint density at radius 2 is 1.85 bits per heavy atom. The number of β-amino-alcohol motifs (C(OH)–C–C–N with tert-alkyl or cyclic N) is 1. The quantitative estimate of drug-likeness (QED) is 0.691. The number of hydrogen-bond donors (Lipinski definition) is 1. The van der Waals surface area contributed by atoms with Crippen LogP contribution in [-0.2, 0) is 4.74 Å². The molecule has 0 saturated carbocycles. The molecule has 0 aromatic carbocycles. The van der Waals surface area contributed by atoms with Crippen molar-refractivity contribution in [3.05, 3.63) is 0 Å². The average Bonchev–Trinajstić information content (AvgIpc) is 2.04. The number of halogens is 3. The maximum absolute atomic E-state index is 11.9. The van der Waals surface area contributed by atoms with Crippen molar-refractivity contribution < 1.29 is 23.0 Å². The molecule has 1 aliphatic heterocycles. The molecule has 13 heavy (non-hydrogen) atoms. The van der Waals surface area contributed by atoms with Crippen LogP contribution >= 0.6 is 0 Å². The molecule has 0 bridgehead atoms. The first-order valence-electron chi connectivity index (χ1n) is 4.05. The fraction of sp³-hybridized carbons (Fsp3) is 1.00. The first-order valence-corrected chi connectivity index (χ1v) is 4.05. The van der Waals surface area contributed by atoms with E-state index in [2.05, 4.69) is 0 Å². The van der Waals surface area contributed by atoms with Crippen LogP contribution in [-0.4, -0.2) is 55.1 Å². The first kappa shape index (κ1) is 10.7. The Hall–Kier alpha value is -0.330. The van der Waals surface area contributed by atoms with Crippen LogP contribution in [0.3, 0.4) is 0 Å². The van der Waals surface area contributed by atoms with Crippen LogP contribution in [0.15, 0.2) is 0 Å². The molecule has 1 aliphatic rings. The molecule has 1 fully saturated rings. The molecule has 1 heterocycles. The first-order chi connectivity index (χ1) is 6.00. The van der Waals surface area contributed by atoms with Gasteiger partial charge in [-0.2, -0.15) is 13.2 Å². The summed E-state index contributed by atoms with van der Waals surface area (Å²) in [6.07, 6.45) is -6.76. The second-order valence-corrected chi connectivity index (χ2v) is 2.97. The molecule has 0 aromatic heterocycles. The lowest BCUT2D eigenvalue weighted by atomic mass is 10.3. The summed E-state index contributed by atoms with van der Waals surface area (Å²) in [6.45, 7) is 1.42. The Morgan fingerprint density at radius 3 is 2.31 bits per heavy atom. The molecular weight excluding hydrogens is 187 g/mol. The molecule has 78 valence electrons. The third-order valence-electron chi connectivity index (χ3n) is 1.91. The Kier molecular flexibility index (Phi) is 3.52. The lowest BCUT2D eigenvalue weighted by Gasteiger charge is -2.29. The number of alkyl halides is 3. The third kappa shape index (κ3) is 3.50. The molecule has 0 unspecified atom stereocenters. The summed E-state index contributed by atoms with van der Waals surface area (Å²) in [4.78, 5) is 1.54. The number of morpholine rings is 1. The van der Waals surface area contributed by atoms with Gasteiger partial charge in [0.2, 0.25) is 0 Å². The second-order valence-electron chi connectivity index (χ2n) is 2.97. The number of aliphatic hydroxyl groups excluding tert-OH is 1. The number of rotatable bonds is 2. The van der Waals surface area contributed by atoms with Crippen LogP contribution < -0.4 is 0 Å². The zero-order valence-electron chi connectivity index (χ0n) is 7.05. The van der Waals surface area contributed by atoms with Gasteiger partial charge in [-0.15, -0.1) is 0 Å². The summed E-state index contributed by atoms with van der Waals surface area (Å²) in [5.74, 6) is 0. The second kappa shape index (κ2) is 4.26. The average molecular weight is 199 g/mol. The van der Waals surface area contributed by atoms with Gasteiger partial charge in [0.1, 0.15) is 0 Å². The molecule has 6 heteroatoms. The number of nitrogens with zero attached hydrogens (tertiary/aromatic N) is 1. The van der Waals surface area contributed by atoms with E-state index in [1.165, 1.54) is 0 Å². The maximum atomic E-state index is 11.9. The molecule has 0 aliphatic carbocycles. The summed E-state index contributed by atoms with van der Waals surface area (Å²) >= 11 is 0. The predicted octanol–water partition coefficient (Wildman–Crippen LogP) is 0.242. The monoisotopic (exact) mass is 199 g/mol. The fourth-order valence-electron chi connectivity index (χ4n) is 1.13. The van der Waals surface area contributed by atoms with Gasteiger partial charge in [-0.25, -0.2) is 0 Å². The van der Waals surface area contributed by atoms with Crippen LogP contribution in [0.1, 0.15) is 0 Å². The van der Waals surface area contributed by atoms with Gasteiger partial charge in [0.15, 0.2) is 6.10 Å². The van der Waals surface area contributed by atoms with Gasteiger partial charge >= 0.3 is 6.18 Å². The van der Waals surface area contributed by atoms with Crippen molar-refractivity contribution in [3.63, 3.8) is 0 Å². The Morgan fingerprint density at radius 1 is 1.31 bits per heavy atom. The summed E-state index contributed by atoms with van der Waals surface area (Å²) in [7, 11) is 0. The molecule has 0 radical (unpaired) electrons. The highest BCUT2D eigenvalue weighted by atomic mass is 19.4. The summed E-state index contributed by atoms with van der Waals surface area (Å²) < 4.78 is 40.7. The number of hydrogen-bond acceptors (Lipinski definition) is 3. The minimum absolute atomic E-state index is 0.354. The van der Waals surface area contributed by atoms with Crippen LogP contribution in [0, 0.1) is 0 Å². The predicted molar refractivity (Wildman–Crippen MR) is 39.3 cm³/mol. The normalized spacial score (nSPS) is 23.1. The zero-order chi connectivity index (χ0) is 9.90. The van der Waals surface area contributed by atoms with E-state index in [-0.39, 0.29) is 6.54 Å². The smallest absolute Gasteiger partial charge is 0.382 e. The van der Waals surface area contributed by atoms with Gasteiger partial charge in [0.05, 0.1) is 13.2 Å². The van der Waals surface area contributed by atoms with Crippen molar-refractivity contribution >= 4 is 0 Å². The van der Waals surface area contributed by atoms with Crippen LogP contribution in [0.5, 0.6) is 0 Å². The summed E-state index contributed by atoms with van der Waals surface area (Å²) in [6, 6.07) is 0. The highest BCUT2D eigenvalue weighted by Crippen LogP contribution is 2.20. The molecule has 1 saturated heterocycles. The van der Waals surface area contributed by atoms with E-state index in [0.717, 1.165) is 0 Å². The van der Waals surface area contributed by atoms with Gasteiger partial charge in [0.25, 0.3) is 0 Å². The van der Waals surface area contributed by atoms with Gasteiger partial charge in [-0.3, -0.25) is 4.90 Å². The van der Waals surface area contributed by atoms with Crippen molar-refractivity contribution in [1.29, 1.82) is 0 Å². The van der Waals surface area contributed by atoms with Crippen molar-refractivity contribution in [2.45, 2.75) is 12.3 Å². The van der Waals surface area contributed by atoms with Crippen molar-refractivity contribution in [1.82, 2.24) is 4.90 Å². The number of ether oxygens (including phenoxy) is 1. The zero-order valence-corrected chi connectivity index (χ0v) is 7.05.